The fourth-order valence-corrected chi connectivity index (χ4v) is 2.59. The number of amides is 3. The molecule has 0 aliphatic carbocycles. The third-order valence-electron chi connectivity index (χ3n) is 3.92. The third kappa shape index (κ3) is 4.03. The maximum Gasteiger partial charge on any atom is 0.331 e. The van der Waals surface area contributed by atoms with Gasteiger partial charge in [0, 0.05) is 13.0 Å². The highest BCUT2D eigenvalue weighted by Gasteiger charge is 2.34. The van der Waals surface area contributed by atoms with Gasteiger partial charge in [0.15, 0.2) is 6.04 Å². The number of nitrogens with one attached hydrogen (secondary N) is 1. The molecule has 1 aromatic rings. The minimum absolute atomic E-state index is 0.00633. The van der Waals surface area contributed by atoms with Gasteiger partial charge >= 0.3 is 5.97 Å². The summed E-state index contributed by atoms with van der Waals surface area (Å²) in [4.78, 5) is 48.9. The molecule has 1 aromatic carbocycles. The quantitative estimate of drug-likeness (QED) is 0.534. The van der Waals surface area contributed by atoms with E-state index in [9.17, 15) is 24.3 Å². The number of fused-ring (bicyclic) bond motifs is 1. The summed E-state index contributed by atoms with van der Waals surface area (Å²) < 4.78 is 4.51. The maximum absolute atomic E-state index is 12.2. The Morgan fingerprint density at radius 3 is 2.24 bits per heavy atom. The van der Waals surface area contributed by atoms with Crippen LogP contribution in [0.3, 0.4) is 0 Å². The van der Waals surface area contributed by atoms with E-state index in [1.54, 1.807) is 24.3 Å². The average Bonchev–Trinajstić information content (AvgIpc) is 2.84. The number of carbonyl (C=O) groups is 4. The molecule has 134 valence electrons. The van der Waals surface area contributed by atoms with Crippen LogP contribution in [0.4, 0.5) is 0 Å². The molecular weight excluding hydrogens is 328 g/mol. The fourth-order valence-electron chi connectivity index (χ4n) is 2.59. The molecule has 3 amide bonds. The number of hydrogen-bond donors (Lipinski definition) is 2. The van der Waals surface area contributed by atoms with Crippen LogP contribution in [0, 0.1) is 0 Å². The van der Waals surface area contributed by atoms with Crippen molar-refractivity contribution in [3.8, 4) is 0 Å². The predicted octanol–water partition coefficient (Wildman–Crippen LogP) is 0.101. The zero-order valence-electron chi connectivity index (χ0n) is 14.0. The Morgan fingerprint density at radius 1 is 1.20 bits per heavy atom. The van der Waals surface area contributed by atoms with Crippen molar-refractivity contribution >= 4 is 23.7 Å². The predicted molar refractivity (Wildman–Crippen MR) is 86.7 cm³/mol. The van der Waals surface area contributed by atoms with Gasteiger partial charge in [-0.25, -0.2) is 4.79 Å². The fraction of sp³-hybridized carbons (Fsp3) is 0.412. The van der Waals surface area contributed by atoms with E-state index in [0.717, 1.165) is 12.0 Å². The Bertz CT molecular complexity index is 665. The highest BCUT2D eigenvalue weighted by molar-refractivity contribution is 6.21. The third-order valence-corrected chi connectivity index (χ3v) is 3.92. The number of carbonyl (C=O) groups excluding carboxylic acids is 4. The molecule has 2 rings (SSSR count). The molecule has 2 unspecified atom stereocenters. The molecule has 8 heteroatoms. The zero-order valence-corrected chi connectivity index (χ0v) is 14.0. The summed E-state index contributed by atoms with van der Waals surface area (Å²) in [6.07, 6.45) is -0.869. The molecule has 0 spiro atoms. The number of esters is 1. The van der Waals surface area contributed by atoms with Crippen LogP contribution in [0.5, 0.6) is 0 Å². The van der Waals surface area contributed by atoms with Gasteiger partial charge in [-0.1, -0.05) is 12.1 Å². The van der Waals surface area contributed by atoms with Crippen LogP contribution in [0.15, 0.2) is 24.3 Å². The summed E-state index contributed by atoms with van der Waals surface area (Å²) >= 11 is 0. The zero-order chi connectivity index (χ0) is 18.6. The first-order valence-electron chi connectivity index (χ1n) is 7.87. The molecule has 2 N–H and O–H groups in total. The van der Waals surface area contributed by atoms with Gasteiger partial charge in [-0.3, -0.25) is 19.3 Å². The van der Waals surface area contributed by atoms with E-state index in [1.807, 2.05) is 0 Å². The Balaban J connectivity index is 1.87. The van der Waals surface area contributed by atoms with Gasteiger partial charge in [0.25, 0.3) is 11.8 Å². The van der Waals surface area contributed by atoms with Gasteiger partial charge in [0.05, 0.1) is 24.3 Å². The van der Waals surface area contributed by atoms with E-state index < -0.39 is 24.0 Å². The molecule has 0 fully saturated rings. The largest absolute Gasteiger partial charge is 0.467 e. The average molecular weight is 348 g/mol. The van der Waals surface area contributed by atoms with Crippen molar-refractivity contribution in [1.82, 2.24) is 10.2 Å². The van der Waals surface area contributed by atoms with E-state index in [4.69, 9.17) is 0 Å². The van der Waals surface area contributed by atoms with Crippen molar-refractivity contribution in [3.05, 3.63) is 35.4 Å². The lowest BCUT2D eigenvalue weighted by molar-refractivity contribution is -0.148. The summed E-state index contributed by atoms with van der Waals surface area (Å²) in [7, 11) is 1.16. The van der Waals surface area contributed by atoms with Crippen molar-refractivity contribution in [1.29, 1.82) is 0 Å². The second-order valence-corrected chi connectivity index (χ2v) is 5.72. The molecule has 1 aliphatic heterocycles. The first-order chi connectivity index (χ1) is 11.9. The van der Waals surface area contributed by atoms with E-state index in [1.165, 1.54) is 6.92 Å². The van der Waals surface area contributed by atoms with Crippen LogP contribution < -0.4 is 5.32 Å². The van der Waals surface area contributed by atoms with Gasteiger partial charge in [-0.2, -0.15) is 0 Å². The standard InChI is InChI=1S/C17H20N2O6/c1-10(20)14(17(24)25-2)18-13(21)8-5-9-19-15(22)11-6-3-4-7-12(11)16(19)23/h3-4,6-7,10,14,20H,5,8-9H2,1-2H3,(H,18,21). The van der Waals surface area contributed by atoms with Crippen molar-refractivity contribution in [3.63, 3.8) is 0 Å². The second-order valence-electron chi connectivity index (χ2n) is 5.72. The number of benzene rings is 1. The van der Waals surface area contributed by atoms with Crippen LogP contribution in [-0.2, 0) is 14.3 Å². The summed E-state index contributed by atoms with van der Waals surface area (Å²) in [5.74, 6) is -1.98. The van der Waals surface area contributed by atoms with Crippen molar-refractivity contribution < 1.29 is 29.0 Å². The number of nitrogens with zero attached hydrogens (tertiary/aromatic N) is 1. The molecule has 1 heterocycles. The molecular formula is C17H20N2O6. The molecule has 1 aliphatic rings. The van der Waals surface area contributed by atoms with Crippen LogP contribution in [0.2, 0.25) is 0 Å². The Morgan fingerprint density at radius 2 is 1.76 bits per heavy atom. The lowest BCUT2D eigenvalue weighted by Gasteiger charge is -2.19. The number of imide groups is 1. The van der Waals surface area contributed by atoms with Crippen molar-refractivity contribution in [2.45, 2.75) is 31.9 Å². The number of methoxy groups -OCH3 is 1. The lowest BCUT2D eigenvalue weighted by Crippen LogP contribution is -2.48. The molecule has 25 heavy (non-hydrogen) atoms. The smallest absolute Gasteiger partial charge is 0.331 e. The van der Waals surface area contributed by atoms with Crippen molar-refractivity contribution in [2.24, 2.45) is 0 Å². The minimum Gasteiger partial charge on any atom is -0.467 e. The molecule has 0 saturated heterocycles. The van der Waals surface area contributed by atoms with Crippen LogP contribution in [0.25, 0.3) is 0 Å². The lowest BCUT2D eigenvalue weighted by atomic mass is 10.1. The number of ether oxygens (including phenoxy) is 1. The summed E-state index contributed by atoms with van der Waals surface area (Å²) in [6.45, 7) is 1.46. The van der Waals surface area contributed by atoms with Gasteiger partial charge in [0.1, 0.15) is 0 Å². The number of aliphatic hydroxyl groups excluding tert-OH is 1. The normalized spacial score (nSPS) is 15.6. The molecule has 0 aromatic heterocycles. The highest BCUT2D eigenvalue weighted by Crippen LogP contribution is 2.22. The van der Waals surface area contributed by atoms with Gasteiger partial charge in [0.2, 0.25) is 5.91 Å². The topological polar surface area (TPSA) is 113 Å². The van der Waals surface area contributed by atoms with E-state index in [-0.39, 0.29) is 31.2 Å². The van der Waals surface area contributed by atoms with Gasteiger partial charge in [-0.05, 0) is 25.5 Å². The van der Waals surface area contributed by atoms with Crippen LogP contribution in [0.1, 0.15) is 40.5 Å². The summed E-state index contributed by atoms with van der Waals surface area (Å²) in [6, 6.07) is 5.39. The van der Waals surface area contributed by atoms with Gasteiger partial charge in [-0.15, -0.1) is 0 Å². The Kier molecular flexibility index (Phi) is 5.87. The van der Waals surface area contributed by atoms with E-state index in [0.29, 0.717) is 11.1 Å². The molecule has 8 nitrogen and oxygen atoms in total. The molecule has 2 atom stereocenters. The van der Waals surface area contributed by atoms with Gasteiger partial charge < -0.3 is 15.2 Å². The van der Waals surface area contributed by atoms with E-state index >= 15 is 0 Å². The minimum atomic E-state index is -1.16. The van der Waals surface area contributed by atoms with E-state index in [2.05, 4.69) is 10.1 Å². The maximum atomic E-state index is 12.2. The molecule has 0 radical (unpaired) electrons. The highest BCUT2D eigenvalue weighted by atomic mass is 16.5. The van der Waals surface area contributed by atoms with Crippen LogP contribution >= 0.6 is 0 Å². The number of rotatable bonds is 7. The summed E-state index contributed by atoms with van der Waals surface area (Å²) in [5.41, 5.74) is 0.716. The SMILES string of the molecule is COC(=O)C(NC(=O)CCCN1C(=O)c2ccccc2C1=O)C(C)O. The summed E-state index contributed by atoms with van der Waals surface area (Å²) in [5, 5.41) is 11.9. The second kappa shape index (κ2) is 7.89. The van der Waals surface area contributed by atoms with Crippen molar-refractivity contribution in [2.75, 3.05) is 13.7 Å². The number of aliphatic hydroxyl groups is 1. The first-order valence-corrected chi connectivity index (χ1v) is 7.87. The first kappa shape index (κ1) is 18.6. The Labute approximate surface area is 144 Å². The molecule has 0 saturated carbocycles. The number of hydrogen-bond acceptors (Lipinski definition) is 6. The van der Waals surface area contributed by atoms with Crippen LogP contribution in [-0.4, -0.2) is 59.5 Å². The monoisotopic (exact) mass is 348 g/mol. The molecule has 0 bridgehead atoms. The Hall–Kier alpha value is -2.74.